The van der Waals surface area contributed by atoms with Crippen molar-refractivity contribution in [3.8, 4) is 0 Å². The molecule has 0 bridgehead atoms. The summed E-state index contributed by atoms with van der Waals surface area (Å²) in [6.07, 6.45) is 3.79. The summed E-state index contributed by atoms with van der Waals surface area (Å²) in [7, 11) is 0. The van der Waals surface area contributed by atoms with Gasteiger partial charge in [-0.05, 0) is 68.1 Å². The highest BCUT2D eigenvalue weighted by Gasteiger charge is 2.38. The second-order valence-corrected chi connectivity index (χ2v) is 6.35. The van der Waals surface area contributed by atoms with Crippen LogP contribution in [0.5, 0.6) is 0 Å². The van der Waals surface area contributed by atoms with Gasteiger partial charge in [0.05, 0.1) is 0 Å². The summed E-state index contributed by atoms with van der Waals surface area (Å²) in [6.45, 7) is 5.27. The Morgan fingerprint density at radius 2 is 2.05 bits per heavy atom. The van der Waals surface area contributed by atoms with E-state index < -0.39 is 0 Å². The quantitative estimate of drug-likeness (QED) is 0.897. The van der Waals surface area contributed by atoms with Gasteiger partial charge in [0.2, 0.25) is 0 Å². The molecule has 104 valence electrons. The van der Waals surface area contributed by atoms with Crippen molar-refractivity contribution < 1.29 is 4.39 Å². The monoisotopic (exact) mass is 282 g/mol. The molecule has 1 N–H and O–H groups in total. The fourth-order valence-electron chi connectivity index (χ4n) is 3.43. The molecular formula is C15H20ClFN2. The minimum absolute atomic E-state index is 0.199. The molecule has 0 aliphatic carbocycles. The van der Waals surface area contributed by atoms with E-state index in [2.05, 4.69) is 10.2 Å². The van der Waals surface area contributed by atoms with Crippen LogP contribution in [0, 0.1) is 11.2 Å². The molecule has 4 heteroatoms. The van der Waals surface area contributed by atoms with Gasteiger partial charge in [-0.15, -0.1) is 0 Å². The second-order valence-electron chi connectivity index (χ2n) is 5.95. The van der Waals surface area contributed by atoms with Crippen molar-refractivity contribution in [2.75, 3.05) is 26.2 Å². The van der Waals surface area contributed by atoms with Crippen molar-refractivity contribution >= 4 is 11.6 Å². The predicted octanol–water partition coefficient (Wildman–Crippen LogP) is 3.05. The molecule has 2 aliphatic rings. The van der Waals surface area contributed by atoms with E-state index in [0.717, 1.165) is 38.3 Å². The zero-order valence-corrected chi connectivity index (χ0v) is 11.8. The average molecular weight is 283 g/mol. The van der Waals surface area contributed by atoms with Crippen LogP contribution < -0.4 is 5.32 Å². The topological polar surface area (TPSA) is 15.3 Å². The minimum Gasteiger partial charge on any atom is -0.317 e. The summed E-state index contributed by atoms with van der Waals surface area (Å²) in [5.41, 5.74) is 1.40. The van der Waals surface area contributed by atoms with Gasteiger partial charge in [-0.3, -0.25) is 4.90 Å². The molecule has 0 radical (unpaired) electrons. The summed E-state index contributed by atoms with van der Waals surface area (Å²) in [5.74, 6) is -0.199. The van der Waals surface area contributed by atoms with Crippen molar-refractivity contribution in [3.05, 3.63) is 34.6 Å². The zero-order valence-electron chi connectivity index (χ0n) is 11.1. The Kier molecular flexibility index (Phi) is 3.79. The van der Waals surface area contributed by atoms with Gasteiger partial charge in [0.1, 0.15) is 5.82 Å². The molecule has 2 nitrogen and oxygen atoms in total. The average Bonchev–Trinajstić information content (AvgIpc) is 2.78. The van der Waals surface area contributed by atoms with Gasteiger partial charge in [-0.25, -0.2) is 4.39 Å². The van der Waals surface area contributed by atoms with E-state index in [-0.39, 0.29) is 5.82 Å². The molecule has 0 aromatic heterocycles. The zero-order chi connectivity index (χ0) is 13.3. The molecule has 2 heterocycles. The molecule has 1 aromatic rings. The highest BCUT2D eigenvalue weighted by molar-refractivity contribution is 6.31. The lowest BCUT2D eigenvalue weighted by Crippen LogP contribution is -2.38. The molecule has 2 aliphatic heterocycles. The molecule has 1 spiro atoms. The number of nitrogens with one attached hydrogen (secondary N) is 1. The van der Waals surface area contributed by atoms with Crippen LogP contribution in [0.25, 0.3) is 0 Å². The van der Waals surface area contributed by atoms with E-state index >= 15 is 0 Å². The third-order valence-electron chi connectivity index (χ3n) is 4.58. The third-order valence-corrected chi connectivity index (χ3v) is 4.95. The van der Waals surface area contributed by atoms with Crippen LogP contribution in [0.3, 0.4) is 0 Å². The van der Waals surface area contributed by atoms with Crippen LogP contribution in [0.2, 0.25) is 5.02 Å². The van der Waals surface area contributed by atoms with Gasteiger partial charge in [-0.2, -0.15) is 0 Å². The number of hydrogen-bond acceptors (Lipinski definition) is 2. The van der Waals surface area contributed by atoms with Gasteiger partial charge in [0.15, 0.2) is 0 Å². The summed E-state index contributed by atoms with van der Waals surface area (Å²) in [6, 6.07) is 4.64. The van der Waals surface area contributed by atoms with Gasteiger partial charge in [0.25, 0.3) is 0 Å². The fourth-order valence-corrected chi connectivity index (χ4v) is 3.61. The second kappa shape index (κ2) is 5.39. The van der Waals surface area contributed by atoms with Gasteiger partial charge in [0, 0.05) is 18.1 Å². The summed E-state index contributed by atoms with van der Waals surface area (Å²) >= 11 is 6.15. The molecule has 3 rings (SSSR count). The minimum atomic E-state index is -0.199. The van der Waals surface area contributed by atoms with Crippen molar-refractivity contribution in [3.63, 3.8) is 0 Å². The number of halogens is 2. The van der Waals surface area contributed by atoms with E-state index in [9.17, 15) is 4.39 Å². The van der Waals surface area contributed by atoms with Crippen LogP contribution in [0.4, 0.5) is 4.39 Å². The number of rotatable bonds is 2. The highest BCUT2D eigenvalue weighted by atomic mass is 35.5. The number of likely N-dealkylation sites (tertiary alicyclic amines) is 1. The lowest BCUT2D eigenvalue weighted by Gasteiger charge is -2.34. The molecular weight excluding hydrogens is 263 g/mol. The first-order valence-corrected chi connectivity index (χ1v) is 7.42. The van der Waals surface area contributed by atoms with E-state index in [1.54, 1.807) is 12.1 Å². The van der Waals surface area contributed by atoms with Crippen molar-refractivity contribution in [2.45, 2.75) is 25.8 Å². The molecule has 2 fully saturated rings. The highest BCUT2D eigenvalue weighted by Crippen LogP contribution is 2.39. The molecule has 0 amide bonds. The maximum atomic E-state index is 13.3. The Hall–Kier alpha value is -0.640. The SMILES string of the molecule is Fc1ccc(Cl)c(CN2CCC3(CCNCC3)C2)c1. The Morgan fingerprint density at radius 1 is 1.26 bits per heavy atom. The Bertz CT molecular complexity index is 457. The number of nitrogens with zero attached hydrogens (tertiary/aromatic N) is 1. The molecule has 0 unspecified atom stereocenters. The Balaban J connectivity index is 1.66. The largest absolute Gasteiger partial charge is 0.317 e. The van der Waals surface area contributed by atoms with Crippen LogP contribution in [0.1, 0.15) is 24.8 Å². The molecule has 1 aromatic carbocycles. The molecule has 19 heavy (non-hydrogen) atoms. The normalized spacial score (nSPS) is 23.1. The first-order chi connectivity index (χ1) is 9.17. The lowest BCUT2D eigenvalue weighted by molar-refractivity contribution is 0.194. The molecule has 0 saturated carbocycles. The van der Waals surface area contributed by atoms with E-state index in [1.165, 1.54) is 25.3 Å². The number of benzene rings is 1. The summed E-state index contributed by atoms with van der Waals surface area (Å²) < 4.78 is 13.3. The van der Waals surface area contributed by atoms with Crippen molar-refractivity contribution in [1.82, 2.24) is 10.2 Å². The summed E-state index contributed by atoms with van der Waals surface area (Å²) in [4.78, 5) is 2.42. The predicted molar refractivity (Wildman–Crippen MR) is 75.8 cm³/mol. The lowest BCUT2D eigenvalue weighted by atomic mass is 9.78. The van der Waals surface area contributed by atoms with E-state index in [1.807, 2.05) is 0 Å². The number of hydrogen-bond donors (Lipinski definition) is 1. The molecule has 0 atom stereocenters. The third kappa shape index (κ3) is 2.93. The van der Waals surface area contributed by atoms with Crippen molar-refractivity contribution in [2.24, 2.45) is 5.41 Å². The van der Waals surface area contributed by atoms with Crippen LogP contribution in [-0.2, 0) is 6.54 Å². The number of piperidine rings is 1. The molecule has 2 saturated heterocycles. The van der Waals surface area contributed by atoms with Crippen LogP contribution in [0.15, 0.2) is 18.2 Å². The first kappa shape index (κ1) is 13.3. The standard InChI is InChI=1S/C15H20ClFN2/c16-14-2-1-13(17)9-12(14)10-19-8-5-15(11-19)3-6-18-7-4-15/h1-2,9,18H,3-8,10-11H2. The van der Waals surface area contributed by atoms with Gasteiger partial charge < -0.3 is 5.32 Å². The smallest absolute Gasteiger partial charge is 0.123 e. The fraction of sp³-hybridized carbons (Fsp3) is 0.600. The van der Waals surface area contributed by atoms with Crippen molar-refractivity contribution in [1.29, 1.82) is 0 Å². The first-order valence-electron chi connectivity index (χ1n) is 7.04. The van der Waals surface area contributed by atoms with Crippen LogP contribution >= 0.6 is 11.6 Å². The Labute approximate surface area is 118 Å². The van der Waals surface area contributed by atoms with Gasteiger partial charge >= 0.3 is 0 Å². The maximum Gasteiger partial charge on any atom is 0.123 e. The Morgan fingerprint density at radius 3 is 2.84 bits per heavy atom. The maximum absolute atomic E-state index is 13.3. The van der Waals surface area contributed by atoms with Gasteiger partial charge in [-0.1, -0.05) is 11.6 Å². The van der Waals surface area contributed by atoms with Crippen LogP contribution in [-0.4, -0.2) is 31.1 Å². The van der Waals surface area contributed by atoms with E-state index in [4.69, 9.17) is 11.6 Å². The van der Waals surface area contributed by atoms with E-state index in [0.29, 0.717) is 10.4 Å². The summed E-state index contributed by atoms with van der Waals surface area (Å²) in [5, 5.41) is 4.10.